The van der Waals surface area contributed by atoms with Gasteiger partial charge in [-0.05, 0) is 19.9 Å². The summed E-state index contributed by atoms with van der Waals surface area (Å²) in [5.41, 5.74) is 0. The molecule has 2 N–H and O–H groups in total. The third-order valence-electron chi connectivity index (χ3n) is 2.25. The maximum absolute atomic E-state index is 11.5. The molecular weight excluding hydrogens is 156 g/mol. The van der Waals surface area contributed by atoms with E-state index in [0.717, 1.165) is 25.9 Å². The van der Waals surface area contributed by atoms with Crippen LogP contribution in [0.4, 0.5) is 0 Å². The molecule has 0 aromatic rings. The smallest absolute Gasteiger partial charge is 0.242 e. The second-order valence-corrected chi connectivity index (χ2v) is 3.06. The van der Waals surface area contributed by atoms with Crippen molar-refractivity contribution in [1.29, 1.82) is 0 Å². The molecule has 1 heterocycles. The van der Waals surface area contributed by atoms with E-state index in [-0.39, 0.29) is 12.5 Å². The van der Waals surface area contributed by atoms with E-state index in [4.69, 9.17) is 5.11 Å². The summed E-state index contributed by atoms with van der Waals surface area (Å²) in [6, 6.07) is -0.414. The molecule has 70 valence electrons. The number of carbonyl (C=O) groups excluding carboxylic acids is 1. The number of nitrogens with one attached hydrogen (secondary N) is 1. The molecule has 0 spiro atoms. The average Bonchev–Trinajstić information content (AvgIpc) is 2.58. The fourth-order valence-electron chi connectivity index (χ4n) is 1.45. The fraction of sp³-hybridized carbons (Fsp3) is 0.875. The lowest BCUT2D eigenvalue weighted by molar-refractivity contribution is -0.133. The SMILES string of the molecule is CN[C@@H](CO)C(=O)N1CCCC1. The zero-order chi connectivity index (χ0) is 8.97. The van der Waals surface area contributed by atoms with Crippen LogP contribution in [0.25, 0.3) is 0 Å². The van der Waals surface area contributed by atoms with Crippen molar-refractivity contribution in [3.8, 4) is 0 Å². The van der Waals surface area contributed by atoms with Crippen LogP contribution < -0.4 is 5.32 Å². The van der Waals surface area contributed by atoms with Crippen LogP contribution in [0.5, 0.6) is 0 Å². The van der Waals surface area contributed by atoms with E-state index in [1.165, 1.54) is 0 Å². The molecule has 1 amide bonds. The van der Waals surface area contributed by atoms with Crippen LogP contribution in [-0.2, 0) is 4.79 Å². The van der Waals surface area contributed by atoms with Crippen molar-refractivity contribution in [2.75, 3.05) is 26.7 Å². The normalized spacial score (nSPS) is 19.7. The minimum absolute atomic E-state index is 0.0255. The maximum Gasteiger partial charge on any atom is 0.242 e. The lowest BCUT2D eigenvalue weighted by Gasteiger charge is -2.20. The zero-order valence-electron chi connectivity index (χ0n) is 7.42. The minimum Gasteiger partial charge on any atom is -0.394 e. The average molecular weight is 172 g/mol. The van der Waals surface area contributed by atoms with Crippen molar-refractivity contribution in [1.82, 2.24) is 10.2 Å². The van der Waals surface area contributed by atoms with Gasteiger partial charge in [-0.15, -0.1) is 0 Å². The predicted octanol–water partition coefficient (Wildman–Crippen LogP) is -0.811. The first-order valence-electron chi connectivity index (χ1n) is 4.36. The van der Waals surface area contributed by atoms with E-state index in [1.54, 1.807) is 11.9 Å². The molecule has 0 aromatic carbocycles. The Kier molecular flexibility index (Phi) is 3.49. The van der Waals surface area contributed by atoms with Crippen molar-refractivity contribution in [3.05, 3.63) is 0 Å². The van der Waals surface area contributed by atoms with E-state index in [2.05, 4.69) is 5.32 Å². The van der Waals surface area contributed by atoms with Gasteiger partial charge in [-0.1, -0.05) is 0 Å². The first-order chi connectivity index (χ1) is 5.79. The highest BCUT2D eigenvalue weighted by Gasteiger charge is 2.24. The van der Waals surface area contributed by atoms with E-state index >= 15 is 0 Å². The summed E-state index contributed by atoms with van der Waals surface area (Å²) >= 11 is 0. The van der Waals surface area contributed by atoms with E-state index in [0.29, 0.717) is 0 Å². The molecular formula is C8H16N2O2. The largest absolute Gasteiger partial charge is 0.394 e. The Morgan fingerprint density at radius 2 is 2.17 bits per heavy atom. The van der Waals surface area contributed by atoms with Crippen LogP contribution >= 0.6 is 0 Å². The van der Waals surface area contributed by atoms with Gasteiger partial charge in [0.1, 0.15) is 6.04 Å². The summed E-state index contributed by atoms with van der Waals surface area (Å²) in [5.74, 6) is 0.0255. The molecule has 0 radical (unpaired) electrons. The van der Waals surface area contributed by atoms with Gasteiger partial charge in [0.15, 0.2) is 0 Å². The van der Waals surface area contributed by atoms with Gasteiger partial charge < -0.3 is 15.3 Å². The summed E-state index contributed by atoms with van der Waals surface area (Å²) in [6.07, 6.45) is 2.18. The summed E-state index contributed by atoms with van der Waals surface area (Å²) in [4.78, 5) is 13.3. The lowest BCUT2D eigenvalue weighted by atomic mass is 10.3. The van der Waals surface area contributed by atoms with Crippen molar-refractivity contribution >= 4 is 5.91 Å². The Morgan fingerprint density at radius 1 is 1.58 bits per heavy atom. The van der Waals surface area contributed by atoms with E-state index < -0.39 is 6.04 Å². The van der Waals surface area contributed by atoms with Gasteiger partial charge in [0.2, 0.25) is 5.91 Å². The molecule has 12 heavy (non-hydrogen) atoms. The molecule has 1 rings (SSSR count). The quantitative estimate of drug-likeness (QED) is 0.585. The number of carbonyl (C=O) groups is 1. The van der Waals surface area contributed by atoms with Crippen molar-refractivity contribution in [2.24, 2.45) is 0 Å². The number of aliphatic hydroxyl groups is 1. The molecule has 1 fully saturated rings. The van der Waals surface area contributed by atoms with E-state index in [9.17, 15) is 4.79 Å². The van der Waals surface area contributed by atoms with Crippen LogP contribution in [0.3, 0.4) is 0 Å². The van der Waals surface area contributed by atoms with Gasteiger partial charge in [0.05, 0.1) is 6.61 Å². The highest BCUT2D eigenvalue weighted by Crippen LogP contribution is 2.08. The maximum atomic E-state index is 11.5. The molecule has 0 bridgehead atoms. The predicted molar refractivity (Wildman–Crippen MR) is 45.7 cm³/mol. The number of amides is 1. The molecule has 4 heteroatoms. The molecule has 1 saturated heterocycles. The van der Waals surface area contributed by atoms with Crippen LogP contribution in [-0.4, -0.2) is 48.7 Å². The Morgan fingerprint density at radius 3 is 2.58 bits per heavy atom. The summed E-state index contributed by atoms with van der Waals surface area (Å²) in [7, 11) is 1.69. The molecule has 4 nitrogen and oxygen atoms in total. The molecule has 1 atom stereocenters. The highest BCUT2D eigenvalue weighted by molar-refractivity contribution is 5.82. The van der Waals surface area contributed by atoms with Gasteiger partial charge in [0.25, 0.3) is 0 Å². The van der Waals surface area contributed by atoms with Crippen LogP contribution in [0.2, 0.25) is 0 Å². The van der Waals surface area contributed by atoms with Crippen LogP contribution in [0.1, 0.15) is 12.8 Å². The third-order valence-corrected chi connectivity index (χ3v) is 2.25. The number of likely N-dealkylation sites (N-methyl/N-ethyl adjacent to an activating group) is 1. The van der Waals surface area contributed by atoms with E-state index in [1.807, 2.05) is 0 Å². The topological polar surface area (TPSA) is 52.6 Å². The molecule has 0 saturated carbocycles. The number of nitrogens with zero attached hydrogens (tertiary/aromatic N) is 1. The number of hydrogen-bond donors (Lipinski definition) is 2. The van der Waals surface area contributed by atoms with Crippen LogP contribution in [0, 0.1) is 0 Å². The van der Waals surface area contributed by atoms with Gasteiger partial charge in [-0.25, -0.2) is 0 Å². The summed E-state index contributed by atoms with van der Waals surface area (Å²) < 4.78 is 0. The first kappa shape index (κ1) is 9.48. The monoisotopic (exact) mass is 172 g/mol. The Labute approximate surface area is 72.6 Å². The van der Waals surface area contributed by atoms with Gasteiger partial charge in [-0.3, -0.25) is 4.79 Å². The summed E-state index contributed by atoms with van der Waals surface area (Å²) in [5, 5.41) is 11.6. The highest BCUT2D eigenvalue weighted by atomic mass is 16.3. The summed E-state index contributed by atoms with van der Waals surface area (Å²) in [6.45, 7) is 1.57. The first-order valence-corrected chi connectivity index (χ1v) is 4.36. The minimum atomic E-state index is -0.414. The van der Waals surface area contributed by atoms with Crippen LogP contribution in [0.15, 0.2) is 0 Å². The molecule has 0 aromatic heterocycles. The molecule has 0 unspecified atom stereocenters. The van der Waals surface area contributed by atoms with Crippen molar-refractivity contribution in [2.45, 2.75) is 18.9 Å². The third kappa shape index (κ3) is 1.95. The van der Waals surface area contributed by atoms with Gasteiger partial charge in [0, 0.05) is 13.1 Å². The number of aliphatic hydroxyl groups excluding tert-OH is 1. The fourth-order valence-corrected chi connectivity index (χ4v) is 1.45. The Balaban J connectivity index is 2.43. The lowest BCUT2D eigenvalue weighted by Crippen LogP contribution is -2.46. The van der Waals surface area contributed by atoms with Crippen molar-refractivity contribution in [3.63, 3.8) is 0 Å². The zero-order valence-corrected chi connectivity index (χ0v) is 7.42. The molecule has 0 aliphatic carbocycles. The Hall–Kier alpha value is -0.610. The number of likely N-dealkylation sites (tertiary alicyclic amines) is 1. The Bertz CT molecular complexity index is 147. The second kappa shape index (κ2) is 4.42. The second-order valence-electron chi connectivity index (χ2n) is 3.06. The van der Waals surface area contributed by atoms with Gasteiger partial charge >= 0.3 is 0 Å². The van der Waals surface area contributed by atoms with Gasteiger partial charge in [-0.2, -0.15) is 0 Å². The standard InChI is InChI=1S/C8H16N2O2/c1-9-7(6-11)8(12)10-4-2-3-5-10/h7,9,11H,2-6H2,1H3/t7-/m0/s1. The van der Waals surface area contributed by atoms with Crippen molar-refractivity contribution < 1.29 is 9.90 Å². The number of rotatable bonds is 3. The number of hydrogen-bond acceptors (Lipinski definition) is 3. The molecule has 1 aliphatic rings. The molecule has 1 aliphatic heterocycles.